The number of carbonyl (C=O) groups excluding carboxylic acids is 2. The normalized spacial score (nSPS) is 13.3. The zero-order valence-corrected chi connectivity index (χ0v) is 15.5. The van der Waals surface area contributed by atoms with Crippen LogP contribution in [0, 0.1) is 5.82 Å². The van der Waals surface area contributed by atoms with Crippen LogP contribution in [0.15, 0.2) is 53.9 Å². The Kier molecular flexibility index (Phi) is 5.16. The number of halogens is 1. The monoisotopic (exact) mass is 397 g/mol. The van der Waals surface area contributed by atoms with Crippen LogP contribution < -0.4 is 5.32 Å². The lowest BCUT2D eigenvalue weighted by atomic mass is 10.1. The molecule has 2 aromatic heterocycles. The quantitative estimate of drug-likeness (QED) is 0.375. The molecule has 2 heterocycles. The molecule has 7 nitrogen and oxygen atoms in total. The highest BCUT2D eigenvalue weighted by atomic mass is 32.2. The van der Waals surface area contributed by atoms with Crippen molar-refractivity contribution in [3.05, 3.63) is 66.0 Å². The zero-order chi connectivity index (χ0) is 19.5. The van der Waals surface area contributed by atoms with Gasteiger partial charge in [-0.05, 0) is 43.2 Å². The molecule has 0 unspecified atom stereocenters. The predicted molar refractivity (Wildman–Crippen MR) is 101 cm³/mol. The van der Waals surface area contributed by atoms with Gasteiger partial charge in [0, 0.05) is 23.9 Å². The lowest BCUT2D eigenvalue weighted by molar-refractivity contribution is 0.0944. The summed E-state index contributed by atoms with van der Waals surface area (Å²) in [6, 6.07) is 9.02. The molecular weight excluding hydrogens is 381 g/mol. The number of carbonyl (C=O) groups is 2. The molecule has 4 rings (SSSR count). The molecule has 1 saturated carbocycles. The number of thioether (sulfide) groups is 1. The average Bonchev–Trinajstić information content (AvgIpc) is 3.38. The SMILES string of the molecule is O=C(CSc1cc(-n2ccc(C(=O)NC3CC3)n2)ncn1)c1ccc(F)cc1. The standard InChI is InChI=1S/C19H16FN5O2S/c20-13-3-1-12(2-4-13)16(26)10-28-18-9-17(21-11-22-18)25-8-7-15(24-25)19(27)23-14-5-6-14/h1-4,7-9,11,14H,5-6,10H2,(H,23,27). The Morgan fingerprint density at radius 3 is 2.71 bits per heavy atom. The Hall–Kier alpha value is -3.07. The van der Waals surface area contributed by atoms with Crippen molar-refractivity contribution < 1.29 is 14.0 Å². The van der Waals surface area contributed by atoms with E-state index in [2.05, 4.69) is 20.4 Å². The molecule has 1 aliphatic rings. The minimum Gasteiger partial charge on any atom is -0.348 e. The fourth-order valence-corrected chi connectivity index (χ4v) is 3.21. The summed E-state index contributed by atoms with van der Waals surface area (Å²) in [7, 11) is 0. The van der Waals surface area contributed by atoms with Crippen molar-refractivity contribution in [2.24, 2.45) is 0 Å². The lowest BCUT2D eigenvalue weighted by Gasteiger charge is -2.04. The molecule has 0 atom stereocenters. The Bertz CT molecular complexity index is 1020. The van der Waals surface area contributed by atoms with E-state index in [1.54, 1.807) is 18.3 Å². The topological polar surface area (TPSA) is 89.8 Å². The third kappa shape index (κ3) is 4.42. The average molecular weight is 397 g/mol. The van der Waals surface area contributed by atoms with Crippen molar-refractivity contribution in [1.82, 2.24) is 25.1 Å². The summed E-state index contributed by atoms with van der Waals surface area (Å²) in [4.78, 5) is 32.6. The highest BCUT2D eigenvalue weighted by Gasteiger charge is 2.24. The first-order valence-corrected chi connectivity index (χ1v) is 9.67. The molecule has 3 aromatic rings. The van der Waals surface area contributed by atoms with Gasteiger partial charge in [-0.15, -0.1) is 0 Å². The minimum atomic E-state index is -0.381. The van der Waals surface area contributed by atoms with Gasteiger partial charge in [0.1, 0.15) is 17.2 Å². The molecule has 9 heteroatoms. The largest absolute Gasteiger partial charge is 0.348 e. The Morgan fingerprint density at radius 2 is 1.96 bits per heavy atom. The summed E-state index contributed by atoms with van der Waals surface area (Å²) in [6.07, 6.45) is 5.05. The van der Waals surface area contributed by atoms with Gasteiger partial charge in [-0.25, -0.2) is 19.0 Å². The molecule has 0 radical (unpaired) electrons. The van der Waals surface area contributed by atoms with Crippen LogP contribution >= 0.6 is 11.8 Å². The smallest absolute Gasteiger partial charge is 0.272 e. The van der Waals surface area contributed by atoms with Crippen molar-refractivity contribution in [2.75, 3.05) is 5.75 Å². The molecule has 0 spiro atoms. The van der Waals surface area contributed by atoms with E-state index in [4.69, 9.17) is 0 Å². The van der Waals surface area contributed by atoms with Gasteiger partial charge in [-0.1, -0.05) is 11.8 Å². The summed E-state index contributed by atoms with van der Waals surface area (Å²) >= 11 is 1.25. The van der Waals surface area contributed by atoms with Crippen molar-refractivity contribution in [2.45, 2.75) is 23.9 Å². The highest BCUT2D eigenvalue weighted by Crippen LogP contribution is 2.20. The van der Waals surface area contributed by atoms with E-state index < -0.39 is 0 Å². The van der Waals surface area contributed by atoms with E-state index in [0.29, 0.717) is 22.1 Å². The summed E-state index contributed by atoms with van der Waals surface area (Å²) in [6.45, 7) is 0. The molecular formula is C19H16FN5O2S. The van der Waals surface area contributed by atoms with E-state index in [-0.39, 0.29) is 29.3 Å². The van der Waals surface area contributed by atoms with E-state index in [1.165, 1.54) is 47.0 Å². The van der Waals surface area contributed by atoms with Gasteiger partial charge < -0.3 is 5.32 Å². The van der Waals surface area contributed by atoms with Crippen LogP contribution in [0.5, 0.6) is 0 Å². The first-order chi connectivity index (χ1) is 13.6. The van der Waals surface area contributed by atoms with Gasteiger partial charge in [0.25, 0.3) is 5.91 Å². The predicted octanol–water partition coefficient (Wildman–Crippen LogP) is 2.67. The van der Waals surface area contributed by atoms with Crippen LogP contribution in [-0.4, -0.2) is 43.2 Å². The van der Waals surface area contributed by atoms with E-state index in [1.807, 2.05) is 0 Å². The first-order valence-electron chi connectivity index (χ1n) is 8.69. The summed E-state index contributed by atoms with van der Waals surface area (Å²) in [5, 5.41) is 7.74. The molecule has 1 N–H and O–H groups in total. The number of aromatic nitrogens is 4. The van der Waals surface area contributed by atoms with Crippen molar-refractivity contribution in [1.29, 1.82) is 0 Å². The maximum Gasteiger partial charge on any atom is 0.272 e. The second-order valence-electron chi connectivity index (χ2n) is 6.33. The summed E-state index contributed by atoms with van der Waals surface area (Å²) in [5.41, 5.74) is 0.771. The van der Waals surface area contributed by atoms with Gasteiger partial charge in [0.15, 0.2) is 17.3 Å². The number of hydrogen-bond donors (Lipinski definition) is 1. The second-order valence-corrected chi connectivity index (χ2v) is 7.32. The number of benzene rings is 1. The minimum absolute atomic E-state index is 0.122. The fourth-order valence-electron chi connectivity index (χ4n) is 2.45. The van der Waals surface area contributed by atoms with E-state index in [9.17, 15) is 14.0 Å². The van der Waals surface area contributed by atoms with Crippen LogP contribution in [0.3, 0.4) is 0 Å². The van der Waals surface area contributed by atoms with Crippen molar-refractivity contribution in [3.63, 3.8) is 0 Å². The van der Waals surface area contributed by atoms with Crippen LogP contribution in [0.4, 0.5) is 4.39 Å². The number of ketones is 1. The second kappa shape index (κ2) is 7.89. The molecule has 0 aliphatic heterocycles. The van der Waals surface area contributed by atoms with Crippen LogP contribution in [0.25, 0.3) is 5.82 Å². The lowest BCUT2D eigenvalue weighted by Crippen LogP contribution is -2.25. The Labute approximate surface area is 164 Å². The number of amides is 1. The van der Waals surface area contributed by atoms with Crippen LogP contribution in [0.1, 0.15) is 33.7 Å². The molecule has 0 saturated heterocycles. The number of nitrogens with zero attached hydrogens (tertiary/aromatic N) is 4. The van der Waals surface area contributed by atoms with Crippen LogP contribution in [-0.2, 0) is 0 Å². The maximum atomic E-state index is 13.0. The van der Waals surface area contributed by atoms with Gasteiger partial charge in [-0.2, -0.15) is 5.10 Å². The number of rotatable bonds is 7. The Balaban J connectivity index is 1.41. The van der Waals surface area contributed by atoms with Crippen LogP contribution in [0.2, 0.25) is 0 Å². The van der Waals surface area contributed by atoms with E-state index >= 15 is 0 Å². The maximum absolute atomic E-state index is 13.0. The molecule has 28 heavy (non-hydrogen) atoms. The Morgan fingerprint density at radius 1 is 1.18 bits per heavy atom. The van der Waals surface area contributed by atoms with Gasteiger partial charge in [0.2, 0.25) is 0 Å². The third-order valence-electron chi connectivity index (χ3n) is 4.11. The summed E-state index contributed by atoms with van der Waals surface area (Å²) in [5.74, 6) is -0.0414. The highest BCUT2D eigenvalue weighted by molar-refractivity contribution is 7.99. The van der Waals surface area contributed by atoms with Gasteiger partial charge in [0.05, 0.1) is 5.75 Å². The molecule has 1 aromatic carbocycles. The van der Waals surface area contributed by atoms with Gasteiger partial charge >= 0.3 is 0 Å². The molecule has 0 bridgehead atoms. The zero-order valence-electron chi connectivity index (χ0n) is 14.7. The van der Waals surface area contributed by atoms with Gasteiger partial charge in [-0.3, -0.25) is 9.59 Å². The van der Waals surface area contributed by atoms with Crippen molar-refractivity contribution in [3.8, 4) is 5.82 Å². The number of nitrogens with one attached hydrogen (secondary N) is 1. The van der Waals surface area contributed by atoms with E-state index in [0.717, 1.165) is 12.8 Å². The number of Topliss-reactive ketones (excluding diaryl/α,β-unsaturated/α-hetero) is 1. The summed E-state index contributed by atoms with van der Waals surface area (Å²) < 4.78 is 14.5. The number of hydrogen-bond acceptors (Lipinski definition) is 6. The third-order valence-corrected chi connectivity index (χ3v) is 5.04. The first kappa shape index (κ1) is 18.3. The molecule has 142 valence electrons. The molecule has 1 fully saturated rings. The molecule has 1 aliphatic carbocycles. The molecule has 1 amide bonds. The fraction of sp³-hybridized carbons (Fsp3) is 0.211. The van der Waals surface area contributed by atoms with Crippen molar-refractivity contribution >= 4 is 23.5 Å².